The van der Waals surface area contributed by atoms with Crippen LogP contribution in [-0.4, -0.2) is 29.4 Å². The summed E-state index contributed by atoms with van der Waals surface area (Å²) in [6, 6.07) is 0. The average molecular weight is 236 g/mol. The summed E-state index contributed by atoms with van der Waals surface area (Å²) in [6.45, 7) is 1.20. The van der Waals surface area contributed by atoms with Crippen molar-refractivity contribution in [2.75, 3.05) is 5.75 Å². The Morgan fingerprint density at radius 1 is 1.62 bits per heavy atom. The topological polar surface area (TPSA) is 94.5 Å². The molecule has 0 saturated carbocycles. The molecule has 5 nitrogen and oxygen atoms in total. The smallest absolute Gasteiger partial charge is 0.549 e. The van der Waals surface area contributed by atoms with E-state index in [1.807, 2.05) is 0 Å². The number of hydrogen-bond donors (Lipinski definition) is 2. The number of carbonyl (C=O) groups is 1. The Morgan fingerprint density at radius 2 is 2.00 bits per heavy atom. The van der Waals surface area contributed by atoms with E-state index < -0.39 is 26.6 Å². The Labute approximate surface area is 104 Å². The Bertz CT molecular complexity index is 271. The molecule has 72 valence electrons. The standard InChI is InChI=1S/C5H10O5S2.Na/c1-5(11,4(6)7)2-3-12(8,9)10;/h11H,2-3H2,1H3,(H,6,7)(H,8,9,10);/q;+1/p-1. The van der Waals surface area contributed by atoms with E-state index in [9.17, 15) is 18.3 Å². The molecule has 0 heterocycles. The molecular weight excluding hydrogens is 227 g/mol. The van der Waals surface area contributed by atoms with Gasteiger partial charge in [-0.1, -0.05) is 0 Å². The number of carbonyl (C=O) groups excluding carboxylic acids is 1. The van der Waals surface area contributed by atoms with E-state index in [4.69, 9.17) is 4.55 Å². The molecule has 0 aliphatic carbocycles. The minimum absolute atomic E-state index is 0. The fourth-order valence-corrected chi connectivity index (χ4v) is 1.36. The van der Waals surface area contributed by atoms with Gasteiger partial charge in [-0.3, -0.25) is 4.55 Å². The van der Waals surface area contributed by atoms with Crippen LogP contribution in [0.25, 0.3) is 0 Å². The molecule has 0 aromatic rings. The van der Waals surface area contributed by atoms with Crippen LogP contribution in [0.4, 0.5) is 0 Å². The van der Waals surface area contributed by atoms with Crippen LogP contribution < -0.4 is 34.7 Å². The van der Waals surface area contributed by atoms with Gasteiger partial charge in [0.1, 0.15) is 0 Å². The van der Waals surface area contributed by atoms with Gasteiger partial charge in [-0.2, -0.15) is 21.0 Å². The van der Waals surface area contributed by atoms with E-state index in [1.165, 1.54) is 6.92 Å². The van der Waals surface area contributed by atoms with Crippen molar-refractivity contribution in [2.24, 2.45) is 0 Å². The maximum absolute atomic E-state index is 10.3. The average Bonchev–Trinajstić information content (AvgIpc) is 1.82. The third kappa shape index (κ3) is 7.77. The second-order valence-electron chi connectivity index (χ2n) is 2.60. The zero-order chi connectivity index (χ0) is 9.99. The molecule has 0 spiro atoms. The van der Waals surface area contributed by atoms with Gasteiger partial charge in [0.2, 0.25) is 0 Å². The maximum Gasteiger partial charge on any atom is 1.00 e. The summed E-state index contributed by atoms with van der Waals surface area (Å²) in [4.78, 5) is 10.3. The van der Waals surface area contributed by atoms with Gasteiger partial charge in [0.05, 0.1) is 16.5 Å². The first-order chi connectivity index (χ1) is 5.15. The second-order valence-corrected chi connectivity index (χ2v) is 5.16. The minimum Gasteiger partial charge on any atom is -0.549 e. The van der Waals surface area contributed by atoms with Gasteiger partial charge in [0.15, 0.2) is 0 Å². The molecule has 0 rings (SSSR count). The first-order valence-electron chi connectivity index (χ1n) is 3.04. The van der Waals surface area contributed by atoms with E-state index in [1.54, 1.807) is 0 Å². The third-order valence-electron chi connectivity index (χ3n) is 1.29. The quantitative estimate of drug-likeness (QED) is 0.292. The summed E-state index contributed by atoms with van der Waals surface area (Å²) in [5.41, 5.74) is 0. The van der Waals surface area contributed by atoms with Crippen LogP contribution in [0.15, 0.2) is 0 Å². The van der Waals surface area contributed by atoms with Crippen LogP contribution in [0.2, 0.25) is 0 Å². The molecule has 0 aromatic heterocycles. The first kappa shape index (κ1) is 16.2. The molecular formula is C5H9NaO5S2. The summed E-state index contributed by atoms with van der Waals surface area (Å²) in [5, 5.41) is 10.3. The molecule has 0 radical (unpaired) electrons. The monoisotopic (exact) mass is 236 g/mol. The number of thiol groups is 1. The third-order valence-corrected chi connectivity index (χ3v) is 2.41. The fourth-order valence-electron chi connectivity index (χ4n) is 0.430. The van der Waals surface area contributed by atoms with Gasteiger partial charge in [-0.15, -0.1) is 0 Å². The number of aliphatic carboxylic acids is 1. The van der Waals surface area contributed by atoms with E-state index in [0.717, 1.165) is 0 Å². The van der Waals surface area contributed by atoms with Crippen LogP contribution >= 0.6 is 12.6 Å². The van der Waals surface area contributed by atoms with Crippen molar-refractivity contribution in [1.82, 2.24) is 0 Å². The molecule has 13 heavy (non-hydrogen) atoms. The molecule has 0 amide bonds. The SMILES string of the molecule is CC(S)(CCS(=O)(=O)O)C(=O)[O-].[Na+]. The summed E-state index contributed by atoms with van der Waals surface area (Å²) in [5.74, 6) is -2.10. The van der Waals surface area contributed by atoms with Crippen LogP contribution in [0.5, 0.6) is 0 Å². The van der Waals surface area contributed by atoms with Gasteiger partial charge < -0.3 is 9.90 Å². The number of carboxylic acids is 1. The van der Waals surface area contributed by atoms with Crippen LogP contribution in [0, 0.1) is 0 Å². The van der Waals surface area contributed by atoms with E-state index in [0.29, 0.717) is 0 Å². The largest absolute Gasteiger partial charge is 1.00 e. The van der Waals surface area contributed by atoms with Crippen LogP contribution in [0.1, 0.15) is 13.3 Å². The minimum atomic E-state index is -4.13. The normalized spacial score (nSPS) is 15.6. The first-order valence-corrected chi connectivity index (χ1v) is 5.10. The summed E-state index contributed by atoms with van der Waals surface area (Å²) in [7, 11) is -4.13. The van der Waals surface area contributed by atoms with Crippen molar-refractivity contribution in [1.29, 1.82) is 0 Å². The molecule has 0 aliphatic rings. The zero-order valence-electron chi connectivity index (χ0n) is 7.35. The summed E-state index contributed by atoms with van der Waals surface area (Å²) in [6.07, 6.45) is -0.294. The number of rotatable bonds is 4. The van der Waals surface area contributed by atoms with E-state index in [-0.39, 0.29) is 36.0 Å². The molecule has 0 saturated heterocycles. The van der Waals surface area contributed by atoms with E-state index in [2.05, 4.69) is 12.6 Å². The van der Waals surface area contributed by atoms with Crippen molar-refractivity contribution in [3.05, 3.63) is 0 Å². The molecule has 1 atom stereocenters. The van der Waals surface area contributed by atoms with Gasteiger partial charge >= 0.3 is 29.6 Å². The Morgan fingerprint density at radius 3 is 2.23 bits per heavy atom. The number of hydrogen-bond acceptors (Lipinski definition) is 5. The van der Waals surface area contributed by atoms with Crippen molar-refractivity contribution >= 4 is 28.7 Å². The predicted octanol–water partition coefficient (Wildman–Crippen LogP) is -4.29. The summed E-state index contributed by atoms with van der Waals surface area (Å²) >= 11 is 3.66. The molecule has 0 fully saturated rings. The fraction of sp³-hybridized carbons (Fsp3) is 0.800. The Hall–Kier alpha value is 0.730. The zero-order valence-corrected chi connectivity index (χ0v) is 11.1. The van der Waals surface area contributed by atoms with Gasteiger partial charge in [-0.05, 0) is 13.3 Å². The molecule has 0 bridgehead atoms. The molecule has 8 heteroatoms. The van der Waals surface area contributed by atoms with Crippen molar-refractivity contribution in [3.63, 3.8) is 0 Å². The molecule has 0 aromatic carbocycles. The van der Waals surface area contributed by atoms with Crippen molar-refractivity contribution in [3.8, 4) is 0 Å². The van der Waals surface area contributed by atoms with E-state index >= 15 is 0 Å². The molecule has 1 unspecified atom stereocenters. The van der Waals surface area contributed by atoms with Gasteiger partial charge in [-0.25, -0.2) is 0 Å². The Kier molecular flexibility index (Phi) is 6.93. The summed E-state index contributed by atoms with van der Waals surface area (Å²) < 4.78 is 27.2. The van der Waals surface area contributed by atoms with Crippen LogP contribution in [0.3, 0.4) is 0 Å². The Balaban J connectivity index is 0. The second kappa shape index (κ2) is 5.57. The van der Waals surface area contributed by atoms with Gasteiger partial charge in [0, 0.05) is 0 Å². The molecule has 0 aliphatic heterocycles. The van der Waals surface area contributed by atoms with Crippen molar-refractivity contribution < 1.29 is 52.4 Å². The predicted molar refractivity (Wildman–Crippen MR) is 43.4 cm³/mol. The maximum atomic E-state index is 10.3. The van der Waals surface area contributed by atoms with Crippen LogP contribution in [-0.2, 0) is 14.9 Å². The molecule has 1 N–H and O–H groups in total. The number of carboxylic acid groups (broad SMARTS) is 1. The van der Waals surface area contributed by atoms with Crippen molar-refractivity contribution in [2.45, 2.75) is 18.1 Å². The van der Waals surface area contributed by atoms with Gasteiger partial charge in [0.25, 0.3) is 10.1 Å².